The van der Waals surface area contributed by atoms with Gasteiger partial charge in [-0.25, -0.2) is 14.6 Å². The molecule has 2 atom stereocenters. The van der Waals surface area contributed by atoms with Gasteiger partial charge in [0, 0.05) is 25.9 Å². The van der Waals surface area contributed by atoms with E-state index in [1.54, 1.807) is 14.0 Å². The molecule has 152 valence electrons. The van der Waals surface area contributed by atoms with E-state index in [4.69, 9.17) is 14.3 Å². The van der Waals surface area contributed by atoms with Gasteiger partial charge in [0.05, 0.1) is 19.3 Å². The Balaban J connectivity index is 0.000000892. The summed E-state index contributed by atoms with van der Waals surface area (Å²) in [5.41, 5.74) is 1.58. The van der Waals surface area contributed by atoms with Crippen LogP contribution in [0.5, 0.6) is 0 Å². The summed E-state index contributed by atoms with van der Waals surface area (Å²) in [7, 11) is 2.93. The van der Waals surface area contributed by atoms with Crippen molar-refractivity contribution in [1.29, 1.82) is 0 Å². The first kappa shape index (κ1) is 23.2. The first-order valence-electron chi connectivity index (χ1n) is 8.92. The number of rotatable bonds is 7. The highest BCUT2D eigenvalue weighted by atomic mass is 16.6. The van der Waals surface area contributed by atoms with E-state index in [1.807, 2.05) is 30.3 Å². The average Bonchev–Trinajstić information content (AvgIpc) is 3.20. The molecule has 0 aliphatic carbocycles. The smallest absolute Gasteiger partial charge is 0.323 e. The summed E-state index contributed by atoms with van der Waals surface area (Å²) in [6, 6.07) is 9.65. The van der Waals surface area contributed by atoms with E-state index >= 15 is 0 Å². The Bertz CT molecular complexity index is 686. The number of carbonyl (C=O) groups excluding carboxylic acids is 3. The molecule has 0 radical (unpaired) electrons. The Morgan fingerprint density at radius 2 is 2.07 bits per heavy atom. The van der Waals surface area contributed by atoms with Crippen molar-refractivity contribution in [2.24, 2.45) is 4.99 Å². The zero-order valence-corrected chi connectivity index (χ0v) is 16.5. The monoisotopic (exact) mass is 389 g/mol. The quantitative estimate of drug-likeness (QED) is 0.334. The molecule has 1 aromatic carbocycles. The second-order valence-electron chi connectivity index (χ2n) is 6.06. The molecule has 0 spiro atoms. The molecular formula is C20H27N3O5. The SMILES string of the molecule is CN=C=O.CNC(=O)N(/C=C(/C)C=O)C1CCC(COCc2ccccc2)O1. The van der Waals surface area contributed by atoms with Crippen LogP contribution in [-0.4, -0.2) is 56.3 Å². The normalized spacial score (nSPS) is 18.3. The molecule has 0 bridgehead atoms. The maximum absolute atomic E-state index is 12.0. The van der Waals surface area contributed by atoms with Gasteiger partial charge in [0.25, 0.3) is 0 Å². The molecule has 1 N–H and O–H groups in total. The molecule has 1 aliphatic heterocycles. The van der Waals surface area contributed by atoms with E-state index in [9.17, 15) is 9.59 Å². The third kappa shape index (κ3) is 8.26. The number of hydrogen-bond acceptors (Lipinski definition) is 6. The van der Waals surface area contributed by atoms with Gasteiger partial charge in [-0.3, -0.25) is 9.69 Å². The van der Waals surface area contributed by atoms with Gasteiger partial charge in [0.2, 0.25) is 6.08 Å². The van der Waals surface area contributed by atoms with Crippen molar-refractivity contribution < 1.29 is 23.9 Å². The minimum absolute atomic E-state index is 0.0594. The van der Waals surface area contributed by atoms with Crippen LogP contribution in [0.25, 0.3) is 0 Å². The van der Waals surface area contributed by atoms with E-state index in [-0.39, 0.29) is 18.4 Å². The average molecular weight is 389 g/mol. The minimum atomic E-state index is -0.384. The van der Waals surface area contributed by atoms with Crippen molar-refractivity contribution in [2.75, 3.05) is 20.7 Å². The van der Waals surface area contributed by atoms with Gasteiger partial charge >= 0.3 is 6.03 Å². The number of benzene rings is 1. The third-order valence-corrected chi connectivity index (χ3v) is 3.88. The fraction of sp³-hybridized carbons (Fsp3) is 0.450. The van der Waals surface area contributed by atoms with Gasteiger partial charge < -0.3 is 14.8 Å². The Kier molecular flexibility index (Phi) is 11.1. The molecule has 2 rings (SSSR count). The lowest BCUT2D eigenvalue weighted by Crippen LogP contribution is -2.42. The standard InChI is InChI=1S/C18H24N2O4.C2H3NO/c1-14(11-21)10-20(18(22)19-2)17-9-8-16(24-17)13-23-12-15-6-4-3-5-7-15;1-3-2-4/h3-7,10-11,16-17H,8-9,12-13H2,1-2H3,(H,19,22);1H3/b14-10-;. The Morgan fingerprint density at radius 3 is 2.64 bits per heavy atom. The third-order valence-electron chi connectivity index (χ3n) is 3.88. The number of carbonyl (C=O) groups is 2. The molecule has 2 unspecified atom stereocenters. The number of amides is 2. The fourth-order valence-corrected chi connectivity index (χ4v) is 2.55. The van der Waals surface area contributed by atoms with Crippen LogP contribution in [0.1, 0.15) is 25.3 Å². The molecule has 28 heavy (non-hydrogen) atoms. The van der Waals surface area contributed by atoms with Gasteiger partial charge in [-0.2, -0.15) is 0 Å². The highest BCUT2D eigenvalue weighted by molar-refractivity contribution is 5.78. The van der Waals surface area contributed by atoms with Crippen LogP contribution in [0.4, 0.5) is 4.79 Å². The van der Waals surface area contributed by atoms with Crippen LogP contribution in [0.15, 0.2) is 47.1 Å². The zero-order chi connectivity index (χ0) is 20.8. The summed E-state index contributed by atoms with van der Waals surface area (Å²) in [6.45, 7) is 2.66. The molecular weight excluding hydrogens is 362 g/mol. The number of isocyanates is 1. The number of aldehydes is 1. The van der Waals surface area contributed by atoms with Gasteiger partial charge in [0.15, 0.2) is 0 Å². The van der Waals surface area contributed by atoms with E-state index in [2.05, 4.69) is 10.3 Å². The second-order valence-corrected chi connectivity index (χ2v) is 6.06. The van der Waals surface area contributed by atoms with E-state index in [0.29, 0.717) is 31.5 Å². The predicted molar refractivity (Wildman–Crippen MR) is 104 cm³/mol. The van der Waals surface area contributed by atoms with E-state index in [0.717, 1.165) is 12.0 Å². The van der Waals surface area contributed by atoms with Crippen molar-refractivity contribution in [1.82, 2.24) is 10.2 Å². The van der Waals surface area contributed by atoms with Crippen molar-refractivity contribution in [2.45, 2.75) is 38.7 Å². The molecule has 1 aromatic rings. The van der Waals surface area contributed by atoms with Crippen LogP contribution < -0.4 is 5.32 Å². The number of aliphatic imine (C=N–C) groups is 1. The topological polar surface area (TPSA) is 97.3 Å². The number of hydrogen-bond donors (Lipinski definition) is 1. The first-order chi connectivity index (χ1) is 13.5. The van der Waals surface area contributed by atoms with Gasteiger partial charge in [-0.05, 0) is 25.3 Å². The molecule has 0 aromatic heterocycles. The minimum Gasteiger partial charge on any atom is -0.374 e. The van der Waals surface area contributed by atoms with Crippen LogP contribution in [0.2, 0.25) is 0 Å². The van der Waals surface area contributed by atoms with E-state index in [1.165, 1.54) is 24.2 Å². The van der Waals surface area contributed by atoms with Crippen LogP contribution in [-0.2, 0) is 25.7 Å². The number of urea groups is 1. The maximum Gasteiger partial charge on any atom is 0.323 e. The number of allylic oxidation sites excluding steroid dienone is 1. The molecule has 1 aliphatic rings. The van der Waals surface area contributed by atoms with Crippen molar-refractivity contribution in [3.63, 3.8) is 0 Å². The molecule has 8 nitrogen and oxygen atoms in total. The van der Waals surface area contributed by atoms with Gasteiger partial charge in [-0.1, -0.05) is 30.3 Å². The maximum atomic E-state index is 12.0. The summed E-state index contributed by atoms with van der Waals surface area (Å²) in [4.78, 5) is 36.1. The molecule has 0 saturated carbocycles. The molecule has 1 fully saturated rings. The van der Waals surface area contributed by atoms with Gasteiger partial charge in [0.1, 0.15) is 12.5 Å². The first-order valence-corrected chi connectivity index (χ1v) is 8.92. The highest BCUT2D eigenvalue weighted by Gasteiger charge is 2.31. The summed E-state index contributed by atoms with van der Waals surface area (Å²) in [6.07, 6.45) is 4.60. The van der Waals surface area contributed by atoms with Gasteiger partial charge in [-0.15, -0.1) is 0 Å². The Hall–Kier alpha value is -2.80. The molecule has 1 heterocycles. The van der Waals surface area contributed by atoms with Crippen LogP contribution >= 0.6 is 0 Å². The highest BCUT2D eigenvalue weighted by Crippen LogP contribution is 2.24. The molecule has 2 amide bonds. The molecule has 1 saturated heterocycles. The Labute approximate surface area is 165 Å². The summed E-state index contributed by atoms with van der Waals surface area (Å²) >= 11 is 0. The number of ether oxygens (including phenoxy) is 2. The lowest BCUT2D eigenvalue weighted by molar-refractivity contribution is -0.105. The lowest BCUT2D eigenvalue weighted by atomic mass is 10.2. The van der Waals surface area contributed by atoms with Crippen molar-refractivity contribution >= 4 is 18.4 Å². The van der Waals surface area contributed by atoms with Crippen molar-refractivity contribution in [3.05, 3.63) is 47.7 Å². The Morgan fingerprint density at radius 1 is 1.39 bits per heavy atom. The zero-order valence-electron chi connectivity index (χ0n) is 16.5. The van der Waals surface area contributed by atoms with Crippen LogP contribution in [0, 0.1) is 0 Å². The number of nitrogens with one attached hydrogen (secondary N) is 1. The summed E-state index contributed by atoms with van der Waals surface area (Å²) in [5.74, 6) is 0. The molecule has 8 heteroatoms. The predicted octanol–water partition coefficient (Wildman–Crippen LogP) is 2.40. The van der Waals surface area contributed by atoms with Crippen LogP contribution in [0.3, 0.4) is 0 Å². The lowest BCUT2D eigenvalue weighted by Gasteiger charge is -2.25. The van der Waals surface area contributed by atoms with E-state index < -0.39 is 0 Å². The number of nitrogens with zero attached hydrogens (tertiary/aromatic N) is 2. The summed E-state index contributed by atoms with van der Waals surface area (Å²) in [5, 5.41) is 2.57. The second kappa shape index (κ2) is 13.4. The largest absolute Gasteiger partial charge is 0.374 e. The summed E-state index contributed by atoms with van der Waals surface area (Å²) < 4.78 is 11.6. The fourth-order valence-electron chi connectivity index (χ4n) is 2.55. The van der Waals surface area contributed by atoms with Crippen molar-refractivity contribution in [3.8, 4) is 0 Å².